The molecule has 0 bridgehead atoms. The third-order valence-corrected chi connectivity index (χ3v) is 2.42. The summed E-state index contributed by atoms with van der Waals surface area (Å²) in [6.45, 7) is 7.50. The van der Waals surface area contributed by atoms with E-state index in [4.69, 9.17) is 0 Å². The topological polar surface area (TPSA) is 46.2 Å². The quantitative estimate of drug-likeness (QED) is 0.657. The molecule has 0 saturated heterocycles. The zero-order chi connectivity index (χ0) is 10.4. The van der Waals surface area contributed by atoms with Crippen molar-refractivity contribution >= 4 is 12.2 Å². The van der Waals surface area contributed by atoms with Crippen LogP contribution in [0.25, 0.3) is 0 Å². The van der Waals surface area contributed by atoms with Gasteiger partial charge in [-0.1, -0.05) is 20.8 Å². The minimum Gasteiger partial charge on any atom is -0.353 e. The van der Waals surface area contributed by atoms with Gasteiger partial charge in [0.15, 0.2) is 0 Å². The number of hydrogen-bond acceptors (Lipinski definition) is 2. The van der Waals surface area contributed by atoms with Crippen LogP contribution in [-0.4, -0.2) is 18.2 Å². The second-order valence-corrected chi connectivity index (χ2v) is 3.60. The van der Waals surface area contributed by atoms with Crippen molar-refractivity contribution in [1.82, 2.24) is 5.32 Å². The first-order chi connectivity index (χ1) is 6.02. The van der Waals surface area contributed by atoms with Gasteiger partial charge in [-0.2, -0.15) is 0 Å². The molecule has 3 unspecified atom stereocenters. The Morgan fingerprint density at radius 2 is 1.92 bits per heavy atom. The summed E-state index contributed by atoms with van der Waals surface area (Å²) >= 11 is 0. The number of carbonyl (C=O) groups is 2. The third-order valence-electron chi connectivity index (χ3n) is 2.42. The number of carbonyl (C=O) groups excluding carboxylic acids is 2. The molecule has 3 heteroatoms. The van der Waals surface area contributed by atoms with Crippen molar-refractivity contribution in [2.24, 2.45) is 11.8 Å². The lowest BCUT2D eigenvalue weighted by molar-refractivity contribution is -0.129. The zero-order valence-corrected chi connectivity index (χ0v) is 8.83. The van der Waals surface area contributed by atoms with Gasteiger partial charge in [-0.25, -0.2) is 0 Å². The monoisotopic (exact) mass is 185 g/mol. The molecule has 3 atom stereocenters. The van der Waals surface area contributed by atoms with E-state index in [1.165, 1.54) is 0 Å². The van der Waals surface area contributed by atoms with Gasteiger partial charge in [-0.3, -0.25) is 4.79 Å². The van der Waals surface area contributed by atoms with Gasteiger partial charge in [0.25, 0.3) is 0 Å². The van der Waals surface area contributed by atoms with E-state index in [1.807, 2.05) is 13.8 Å². The zero-order valence-electron chi connectivity index (χ0n) is 8.83. The molecule has 1 amide bonds. The summed E-state index contributed by atoms with van der Waals surface area (Å²) in [7, 11) is 0. The molecular weight excluding hydrogens is 166 g/mol. The fourth-order valence-corrected chi connectivity index (χ4v) is 0.833. The summed E-state index contributed by atoms with van der Waals surface area (Å²) in [4.78, 5) is 21.9. The Hall–Kier alpha value is -0.860. The smallest absolute Gasteiger partial charge is 0.223 e. The fraction of sp³-hybridized carbons (Fsp3) is 0.800. The molecule has 1 N–H and O–H groups in total. The summed E-state index contributed by atoms with van der Waals surface area (Å²) in [5, 5.41) is 2.85. The van der Waals surface area contributed by atoms with E-state index in [-0.39, 0.29) is 23.8 Å². The first kappa shape index (κ1) is 12.1. The van der Waals surface area contributed by atoms with Crippen molar-refractivity contribution in [3.05, 3.63) is 0 Å². The maximum Gasteiger partial charge on any atom is 0.223 e. The summed E-state index contributed by atoms with van der Waals surface area (Å²) in [6.07, 6.45) is 1.73. The Balaban J connectivity index is 4.03. The Labute approximate surface area is 79.9 Å². The molecule has 0 rings (SSSR count). The molecule has 0 spiro atoms. The van der Waals surface area contributed by atoms with E-state index in [9.17, 15) is 9.59 Å². The highest BCUT2D eigenvalue weighted by Crippen LogP contribution is 2.08. The second kappa shape index (κ2) is 5.73. The highest BCUT2D eigenvalue weighted by molar-refractivity contribution is 5.81. The van der Waals surface area contributed by atoms with Crippen LogP contribution >= 0.6 is 0 Å². The van der Waals surface area contributed by atoms with Gasteiger partial charge < -0.3 is 10.1 Å². The van der Waals surface area contributed by atoms with Crippen molar-refractivity contribution in [1.29, 1.82) is 0 Å². The molecule has 3 nitrogen and oxygen atoms in total. The van der Waals surface area contributed by atoms with Crippen LogP contribution in [0.1, 0.15) is 34.1 Å². The second-order valence-electron chi connectivity index (χ2n) is 3.60. The molecule has 0 radical (unpaired) electrons. The number of rotatable bonds is 5. The van der Waals surface area contributed by atoms with Crippen LogP contribution in [0.3, 0.4) is 0 Å². The molecule has 0 aliphatic carbocycles. The normalized spacial score (nSPS) is 17.2. The average Bonchev–Trinajstić information content (AvgIpc) is 2.14. The fourth-order valence-electron chi connectivity index (χ4n) is 0.833. The number of amides is 1. The maximum absolute atomic E-state index is 11.4. The Morgan fingerprint density at radius 1 is 1.38 bits per heavy atom. The summed E-state index contributed by atoms with van der Waals surface area (Å²) < 4.78 is 0. The summed E-state index contributed by atoms with van der Waals surface area (Å²) in [5.74, 6) is -0.468. The lowest BCUT2D eigenvalue weighted by atomic mass is 9.96. The molecule has 76 valence electrons. The molecule has 0 aromatic rings. The van der Waals surface area contributed by atoms with Crippen LogP contribution in [0.15, 0.2) is 0 Å². The summed E-state index contributed by atoms with van der Waals surface area (Å²) in [6, 6.07) is 0.189. The van der Waals surface area contributed by atoms with Crippen LogP contribution in [0.2, 0.25) is 0 Å². The van der Waals surface area contributed by atoms with Gasteiger partial charge in [-0.15, -0.1) is 0 Å². The number of hydrogen-bond donors (Lipinski definition) is 1. The Kier molecular flexibility index (Phi) is 5.35. The van der Waals surface area contributed by atoms with Gasteiger partial charge in [0.1, 0.15) is 6.29 Å². The van der Waals surface area contributed by atoms with E-state index >= 15 is 0 Å². The molecule has 0 aromatic carbocycles. The molecule has 0 aromatic heterocycles. The minimum absolute atomic E-state index is 0.0334. The van der Waals surface area contributed by atoms with Gasteiger partial charge in [0.05, 0.1) is 0 Å². The van der Waals surface area contributed by atoms with Crippen molar-refractivity contribution in [3.63, 3.8) is 0 Å². The van der Waals surface area contributed by atoms with E-state index in [1.54, 1.807) is 13.8 Å². The van der Waals surface area contributed by atoms with E-state index in [2.05, 4.69) is 5.32 Å². The maximum atomic E-state index is 11.4. The Bertz CT molecular complexity index is 180. The number of aldehydes is 1. The largest absolute Gasteiger partial charge is 0.353 e. The van der Waals surface area contributed by atoms with Gasteiger partial charge in [-0.05, 0) is 13.3 Å². The van der Waals surface area contributed by atoms with Crippen molar-refractivity contribution < 1.29 is 9.59 Å². The highest BCUT2D eigenvalue weighted by atomic mass is 16.2. The third kappa shape index (κ3) is 4.06. The lowest BCUT2D eigenvalue weighted by Gasteiger charge is -2.17. The summed E-state index contributed by atoms with van der Waals surface area (Å²) in [5.41, 5.74) is 0. The lowest BCUT2D eigenvalue weighted by Crippen LogP contribution is -2.38. The molecule has 0 saturated carbocycles. The van der Waals surface area contributed by atoms with E-state index < -0.39 is 0 Å². The molecule has 0 fully saturated rings. The van der Waals surface area contributed by atoms with E-state index in [0.717, 1.165) is 12.7 Å². The van der Waals surface area contributed by atoms with Gasteiger partial charge >= 0.3 is 0 Å². The Morgan fingerprint density at radius 3 is 2.31 bits per heavy atom. The SMILES string of the molecule is CCC(C)NC(=O)C(C)C(C)C=O. The van der Waals surface area contributed by atoms with Crippen LogP contribution in [0.5, 0.6) is 0 Å². The van der Waals surface area contributed by atoms with Crippen molar-refractivity contribution in [3.8, 4) is 0 Å². The van der Waals surface area contributed by atoms with Crippen LogP contribution in [0, 0.1) is 11.8 Å². The average molecular weight is 185 g/mol. The highest BCUT2D eigenvalue weighted by Gasteiger charge is 2.20. The van der Waals surface area contributed by atoms with Crippen LogP contribution < -0.4 is 5.32 Å². The molecule has 13 heavy (non-hydrogen) atoms. The molecule has 0 heterocycles. The van der Waals surface area contributed by atoms with Gasteiger partial charge in [0.2, 0.25) is 5.91 Å². The minimum atomic E-state index is -0.230. The van der Waals surface area contributed by atoms with Crippen LogP contribution in [-0.2, 0) is 9.59 Å². The first-order valence-electron chi connectivity index (χ1n) is 4.78. The molecule has 0 aliphatic rings. The van der Waals surface area contributed by atoms with Crippen LogP contribution in [0.4, 0.5) is 0 Å². The molecular formula is C10H19NO2. The van der Waals surface area contributed by atoms with Gasteiger partial charge in [0, 0.05) is 17.9 Å². The van der Waals surface area contributed by atoms with Crippen molar-refractivity contribution in [2.45, 2.75) is 40.2 Å². The first-order valence-corrected chi connectivity index (χ1v) is 4.78. The van der Waals surface area contributed by atoms with E-state index in [0.29, 0.717) is 0 Å². The molecule has 0 aliphatic heterocycles. The number of nitrogens with one attached hydrogen (secondary N) is 1. The predicted octanol–water partition coefficient (Wildman–Crippen LogP) is 1.37. The standard InChI is InChI=1S/C10H19NO2/c1-5-8(3)11-10(13)9(4)7(2)6-12/h6-9H,5H2,1-4H3,(H,11,13). The van der Waals surface area contributed by atoms with Crippen molar-refractivity contribution in [2.75, 3.05) is 0 Å². The predicted molar refractivity (Wildman–Crippen MR) is 52.3 cm³/mol.